The number of hydrogen-bond acceptors (Lipinski definition) is 4. The SMILES string of the molecule is CC1(COC(=O)c2ccccc2)COC(C)(C)O1. The maximum absolute atomic E-state index is 11.8. The average molecular weight is 250 g/mol. The first kappa shape index (κ1) is 13.1. The first-order valence-corrected chi connectivity index (χ1v) is 5.97. The van der Waals surface area contributed by atoms with Gasteiger partial charge in [-0.2, -0.15) is 0 Å². The molecule has 0 saturated carbocycles. The van der Waals surface area contributed by atoms with Gasteiger partial charge in [-0.25, -0.2) is 4.79 Å². The van der Waals surface area contributed by atoms with Crippen LogP contribution in [0, 0.1) is 0 Å². The molecule has 1 aliphatic heterocycles. The van der Waals surface area contributed by atoms with E-state index in [1.54, 1.807) is 24.3 Å². The molecule has 0 aliphatic carbocycles. The highest BCUT2D eigenvalue weighted by atomic mass is 16.8. The second-order valence-electron chi connectivity index (χ2n) is 5.18. The van der Waals surface area contributed by atoms with E-state index >= 15 is 0 Å². The molecule has 0 radical (unpaired) electrons. The second kappa shape index (κ2) is 4.71. The fourth-order valence-corrected chi connectivity index (χ4v) is 1.93. The summed E-state index contributed by atoms with van der Waals surface area (Å²) in [5, 5.41) is 0. The largest absolute Gasteiger partial charge is 0.459 e. The Kier molecular flexibility index (Phi) is 3.41. The third-order valence-corrected chi connectivity index (χ3v) is 2.74. The Morgan fingerprint density at radius 3 is 2.50 bits per heavy atom. The maximum atomic E-state index is 11.8. The minimum Gasteiger partial charge on any atom is -0.459 e. The highest BCUT2D eigenvalue weighted by Crippen LogP contribution is 2.30. The maximum Gasteiger partial charge on any atom is 0.338 e. The van der Waals surface area contributed by atoms with Crippen molar-refractivity contribution in [2.45, 2.75) is 32.2 Å². The molecule has 1 aliphatic rings. The lowest BCUT2D eigenvalue weighted by molar-refractivity contribution is -0.165. The predicted molar refractivity (Wildman–Crippen MR) is 66.2 cm³/mol. The van der Waals surface area contributed by atoms with Crippen molar-refractivity contribution in [3.05, 3.63) is 35.9 Å². The molecule has 2 rings (SSSR count). The number of rotatable bonds is 3. The van der Waals surface area contributed by atoms with E-state index in [-0.39, 0.29) is 12.6 Å². The molecule has 0 amide bonds. The van der Waals surface area contributed by atoms with Crippen LogP contribution in [0.4, 0.5) is 0 Å². The van der Waals surface area contributed by atoms with Crippen LogP contribution in [0.5, 0.6) is 0 Å². The smallest absolute Gasteiger partial charge is 0.338 e. The number of hydrogen-bond donors (Lipinski definition) is 0. The number of esters is 1. The monoisotopic (exact) mass is 250 g/mol. The summed E-state index contributed by atoms with van der Waals surface area (Å²) in [5.41, 5.74) is -0.0345. The van der Waals surface area contributed by atoms with E-state index < -0.39 is 11.4 Å². The quantitative estimate of drug-likeness (QED) is 0.773. The molecule has 4 heteroatoms. The Balaban J connectivity index is 1.91. The topological polar surface area (TPSA) is 44.8 Å². The standard InChI is InChI=1S/C14H18O4/c1-13(2)17-10-14(3,18-13)9-16-12(15)11-7-5-4-6-8-11/h4-8H,9-10H2,1-3H3. The van der Waals surface area contributed by atoms with Crippen LogP contribution in [0.25, 0.3) is 0 Å². The molecule has 1 saturated heterocycles. The van der Waals surface area contributed by atoms with Gasteiger partial charge in [-0.15, -0.1) is 0 Å². The van der Waals surface area contributed by atoms with Crippen molar-refractivity contribution in [2.24, 2.45) is 0 Å². The molecular formula is C14H18O4. The number of benzene rings is 1. The van der Waals surface area contributed by atoms with E-state index in [2.05, 4.69) is 0 Å². The van der Waals surface area contributed by atoms with Crippen molar-refractivity contribution in [2.75, 3.05) is 13.2 Å². The molecule has 4 nitrogen and oxygen atoms in total. The summed E-state index contributed by atoms with van der Waals surface area (Å²) < 4.78 is 16.5. The predicted octanol–water partition coefficient (Wildman–Crippen LogP) is 2.39. The molecule has 98 valence electrons. The molecule has 0 N–H and O–H groups in total. The Bertz CT molecular complexity index is 427. The Morgan fingerprint density at radius 2 is 1.94 bits per heavy atom. The summed E-state index contributed by atoms with van der Waals surface area (Å²) in [4.78, 5) is 11.8. The van der Waals surface area contributed by atoms with Crippen LogP contribution in [0.1, 0.15) is 31.1 Å². The van der Waals surface area contributed by atoms with E-state index in [0.29, 0.717) is 12.2 Å². The first-order valence-electron chi connectivity index (χ1n) is 5.97. The van der Waals surface area contributed by atoms with E-state index in [1.165, 1.54) is 0 Å². The van der Waals surface area contributed by atoms with E-state index in [0.717, 1.165) is 0 Å². The Hall–Kier alpha value is -1.39. The highest BCUT2D eigenvalue weighted by molar-refractivity contribution is 5.89. The van der Waals surface area contributed by atoms with Crippen LogP contribution in [0.2, 0.25) is 0 Å². The first-order chi connectivity index (χ1) is 8.40. The minimum absolute atomic E-state index is 0.185. The van der Waals surface area contributed by atoms with Gasteiger partial charge in [0.1, 0.15) is 12.2 Å². The molecule has 18 heavy (non-hydrogen) atoms. The molecular weight excluding hydrogens is 232 g/mol. The molecule has 1 aromatic carbocycles. The zero-order valence-electron chi connectivity index (χ0n) is 10.9. The van der Waals surface area contributed by atoms with Gasteiger partial charge in [0.15, 0.2) is 5.79 Å². The fraction of sp³-hybridized carbons (Fsp3) is 0.500. The van der Waals surface area contributed by atoms with Gasteiger partial charge < -0.3 is 14.2 Å². The van der Waals surface area contributed by atoms with Crippen LogP contribution in [-0.2, 0) is 14.2 Å². The zero-order valence-corrected chi connectivity index (χ0v) is 10.9. The summed E-state index contributed by atoms with van der Waals surface area (Å²) in [7, 11) is 0. The molecule has 1 atom stereocenters. The van der Waals surface area contributed by atoms with Gasteiger partial charge in [0.05, 0.1) is 12.2 Å². The average Bonchev–Trinajstić information content (AvgIpc) is 2.62. The van der Waals surface area contributed by atoms with Crippen molar-refractivity contribution in [1.82, 2.24) is 0 Å². The lowest BCUT2D eigenvalue weighted by atomic mass is 10.1. The summed E-state index contributed by atoms with van der Waals surface area (Å²) in [6.45, 7) is 6.17. The number of ether oxygens (including phenoxy) is 3. The third-order valence-electron chi connectivity index (χ3n) is 2.74. The number of carbonyl (C=O) groups excluding carboxylic acids is 1. The van der Waals surface area contributed by atoms with Crippen LogP contribution in [0.3, 0.4) is 0 Å². The number of carbonyl (C=O) groups is 1. The molecule has 0 bridgehead atoms. The van der Waals surface area contributed by atoms with Crippen molar-refractivity contribution in [1.29, 1.82) is 0 Å². The van der Waals surface area contributed by atoms with E-state index in [4.69, 9.17) is 14.2 Å². The summed E-state index contributed by atoms with van der Waals surface area (Å²) in [6, 6.07) is 8.91. The zero-order chi connectivity index (χ0) is 13.2. The second-order valence-corrected chi connectivity index (χ2v) is 5.18. The normalized spacial score (nSPS) is 25.9. The Labute approximate surface area is 107 Å². The molecule has 1 heterocycles. The summed E-state index contributed by atoms with van der Waals surface area (Å²) in [6.07, 6.45) is 0. The van der Waals surface area contributed by atoms with Gasteiger partial charge >= 0.3 is 5.97 Å². The van der Waals surface area contributed by atoms with Crippen LogP contribution >= 0.6 is 0 Å². The molecule has 0 spiro atoms. The lowest BCUT2D eigenvalue weighted by Gasteiger charge is -2.24. The molecule has 1 fully saturated rings. The van der Waals surface area contributed by atoms with Crippen LogP contribution in [-0.4, -0.2) is 30.6 Å². The van der Waals surface area contributed by atoms with Gasteiger partial charge in [-0.3, -0.25) is 0 Å². The Morgan fingerprint density at radius 1 is 1.28 bits per heavy atom. The van der Waals surface area contributed by atoms with Crippen molar-refractivity contribution in [3.8, 4) is 0 Å². The van der Waals surface area contributed by atoms with Crippen LogP contribution in [0.15, 0.2) is 30.3 Å². The van der Waals surface area contributed by atoms with Crippen molar-refractivity contribution < 1.29 is 19.0 Å². The molecule has 1 aromatic rings. The minimum atomic E-state index is -0.617. The van der Waals surface area contributed by atoms with Gasteiger partial charge in [0.25, 0.3) is 0 Å². The molecule has 1 unspecified atom stereocenters. The van der Waals surface area contributed by atoms with Crippen LogP contribution < -0.4 is 0 Å². The third kappa shape index (κ3) is 3.09. The summed E-state index contributed by atoms with van der Waals surface area (Å²) in [5.74, 6) is -0.960. The van der Waals surface area contributed by atoms with Gasteiger partial charge in [-0.1, -0.05) is 18.2 Å². The van der Waals surface area contributed by atoms with E-state index in [1.807, 2.05) is 26.8 Å². The summed E-state index contributed by atoms with van der Waals surface area (Å²) >= 11 is 0. The van der Waals surface area contributed by atoms with E-state index in [9.17, 15) is 4.79 Å². The van der Waals surface area contributed by atoms with Gasteiger partial charge in [-0.05, 0) is 32.9 Å². The van der Waals surface area contributed by atoms with Crippen molar-refractivity contribution >= 4 is 5.97 Å². The highest BCUT2D eigenvalue weighted by Gasteiger charge is 2.42. The lowest BCUT2D eigenvalue weighted by Crippen LogP contribution is -2.36. The van der Waals surface area contributed by atoms with Crippen molar-refractivity contribution in [3.63, 3.8) is 0 Å². The molecule has 0 aromatic heterocycles. The van der Waals surface area contributed by atoms with Gasteiger partial charge in [0, 0.05) is 0 Å². The van der Waals surface area contributed by atoms with Gasteiger partial charge in [0.2, 0.25) is 0 Å². The fourth-order valence-electron chi connectivity index (χ4n) is 1.93.